The topological polar surface area (TPSA) is 47.0 Å². The van der Waals surface area contributed by atoms with Gasteiger partial charge in [-0.2, -0.15) is 0 Å². The van der Waals surface area contributed by atoms with E-state index in [1.165, 1.54) is 0 Å². The van der Waals surface area contributed by atoms with Crippen molar-refractivity contribution in [1.82, 2.24) is 9.97 Å². The van der Waals surface area contributed by atoms with Crippen LogP contribution < -0.4 is 10.1 Å². The fourth-order valence-corrected chi connectivity index (χ4v) is 1.50. The standard InChI is InChI=1S/C15H15N3O/c1-2-3-11-19-14-7-5-13(6-8-14)12-18-15-16-9-4-10-17-15/h1,4-10H,3,11-12H2,(H,16,17,18). The average molecular weight is 253 g/mol. The Labute approximate surface area is 112 Å². The van der Waals surface area contributed by atoms with E-state index in [4.69, 9.17) is 11.2 Å². The number of nitrogens with zero attached hydrogens (tertiary/aromatic N) is 2. The van der Waals surface area contributed by atoms with E-state index < -0.39 is 0 Å². The summed E-state index contributed by atoms with van der Waals surface area (Å²) in [6, 6.07) is 9.65. The smallest absolute Gasteiger partial charge is 0.222 e. The van der Waals surface area contributed by atoms with Gasteiger partial charge in [-0.25, -0.2) is 9.97 Å². The number of benzene rings is 1. The molecule has 0 radical (unpaired) electrons. The number of ether oxygens (including phenoxy) is 1. The van der Waals surface area contributed by atoms with Crippen LogP contribution in [-0.4, -0.2) is 16.6 Å². The van der Waals surface area contributed by atoms with Gasteiger partial charge >= 0.3 is 0 Å². The molecule has 1 aromatic heterocycles. The van der Waals surface area contributed by atoms with Gasteiger partial charge in [0.25, 0.3) is 0 Å². The molecule has 0 aliphatic rings. The summed E-state index contributed by atoms with van der Waals surface area (Å²) in [6.45, 7) is 1.22. The summed E-state index contributed by atoms with van der Waals surface area (Å²) in [5, 5.41) is 3.14. The van der Waals surface area contributed by atoms with Crippen molar-refractivity contribution in [3.05, 3.63) is 48.3 Å². The van der Waals surface area contributed by atoms with Crippen LogP contribution in [0.5, 0.6) is 5.75 Å². The Hall–Kier alpha value is -2.54. The molecule has 19 heavy (non-hydrogen) atoms. The third-order valence-electron chi connectivity index (χ3n) is 2.45. The third-order valence-corrected chi connectivity index (χ3v) is 2.45. The zero-order valence-electron chi connectivity index (χ0n) is 10.5. The maximum absolute atomic E-state index is 5.48. The number of anilines is 1. The predicted molar refractivity (Wildman–Crippen MR) is 74.7 cm³/mol. The Morgan fingerprint density at radius 3 is 2.58 bits per heavy atom. The molecule has 0 unspecified atom stereocenters. The van der Waals surface area contributed by atoms with Gasteiger partial charge < -0.3 is 10.1 Å². The lowest BCUT2D eigenvalue weighted by atomic mass is 10.2. The zero-order valence-corrected chi connectivity index (χ0v) is 10.5. The summed E-state index contributed by atoms with van der Waals surface area (Å²) in [7, 11) is 0. The molecule has 96 valence electrons. The lowest BCUT2D eigenvalue weighted by Gasteiger charge is -2.07. The first-order valence-electron chi connectivity index (χ1n) is 6.04. The molecule has 0 bridgehead atoms. The highest BCUT2D eigenvalue weighted by molar-refractivity contribution is 5.31. The van der Waals surface area contributed by atoms with E-state index in [9.17, 15) is 0 Å². The number of rotatable bonds is 6. The number of aromatic nitrogens is 2. The zero-order chi connectivity index (χ0) is 13.3. The Kier molecular flexibility index (Phi) is 4.77. The molecular weight excluding hydrogens is 238 g/mol. The van der Waals surface area contributed by atoms with Crippen molar-refractivity contribution in [3.63, 3.8) is 0 Å². The minimum Gasteiger partial charge on any atom is -0.493 e. The third kappa shape index (κ3) is 4.32. The van der Waals surface area contributed by atoms with E-state index in [-0.39, 0.29) is 0 Å². The van der Waals surface area contributed by atoms with E-state index in [2.05, 4.69) is 21.2 Å². The van der Waals surface area contributed by atoms with Gasteiger partial charge in [0.1, 0.15) is 5.75 Å². The monoisotopic (exact) mass is 253 g/mol. The second kappa shape index (κ2) is 7.02. The maximum Gasteiger partial charge on any atom is 0.222 e. The van der Waals surface area contributed by atoms with Gasteiger partial charge in [-0.3, -0.25) is 0 Å². The normalized spacial score (nSPS) is 9.63. The molecule has 2 rings (SSSR count). The van der Waals surface area contributed by atoms with Gasteiger partial charge in [0.15, 0.2) is 0 Å². The van der Waals surface area contributed by atoms with Crippen molar-refractivity contribution in [2.75, 3.05) is 11.9 Å². The number of hydrogen-bond donors (Lipinski definition) is 1. The van der Waals surface area contributed by atoms with Gasteiger partial charge in [-0.1, -0.05) is 12.1 Å². The van der Waals surface area contributed by atoms with Crippen molar-refractivity contribution in [1.29, 1.82) is 0 Å². The van der Waals surface area contributed by atoms with Gasteiger partial charge in [-0.15, -0.1) is 12.3 Å². The SMILES string of the molecule is C#CCCOc1ccc(CNc2ncccn2)cc1. The summed E-state index contributed by atoms with van der Waals surface area (Å²) in [4.78, 5) is 8.19. The molecule has 0 amide bonds. The fourth-order valence-electron chi connectivity index (χ4n) is 1.50. The molecule has 0 saturated carbocycles. The molecule has 1 N–H and O–H groups in total. The molecule has 4 heteroatoms. The second-order valence-corrected chi connectivity index (χ2v) is 3.87. The lowest BCUT2D eigenvalue weighted by molar-refractivity contribution is 0.327. The first-order valence-corrected chi connectivity index (χ1v) is 6.04. The van der Waals surface area contributed by atoms with Gasteiger partial charge in [-0.05, 0) is 23.8 Å². The molecular formula is C15H15N3O. The van der Waals surface area contributed by atoms with Gasteiger partial charge in [0, 0.05) is 25.4 Å². The Morgan fingerprint density at radius 2 is 1.89 bits per heavy atom. The highest BCUT2D eigenvalue weighted by atomic mass is 16.5. The van der Waals surface area contributed by atoms with E-state index in [0.717, 1.165) is 11.3 Å². The van der Waals surface area contributed by atoms with Crippen LogP contribution >= 0.6 is 0 Å². The minimum atomic E-state index is 0.548. The minimum absolute atomic E-state index is 0.548. The van der Waals surface area contributed by atoms with Crippen molar-refractivity contribution in [2.45, 2.75) is 13.0 Å². The number of terminal acetylenes is 1. The molecule has 4 nitrogen and oxygen atoms in total. The summed E-state index contributed by atoms with van der Waals surface area (Å²) >= 11 is 0. The Bertz CT molecular complexity index is 532. The first-order chi connectivity index (χ1) is 9.38. The number of hydrogen-bond acceptors (Lipinski definition) is 4. The predicted octanol–water partition coefficient (Wildman–Crippen LogP) is 2.49. The van der Waals surface area contributed by atoms with Crippen LogP contribution in [0.25, 0.3) is 0 Å². The van der Waals surface area contributed by atoms with Crippen LogP contribution in [0.1, 0.15) is 12.0 Å². The van der Waals surface area contributed by atoms with Crippen molar-refractivity contribution < 1.29 is 4.74 Å². The largest absolute Gasteiger partial charge is 0.493 e. The number of nitrogens with one attached hydrogen (secondary N) is 1. The van der Waals surface area contributed by atoms with E-state index in [1.807, 2.05) is 24.3 Å². The molecule has 0 atom stereocenters. The van der Waals surface area contributed by atoms with Crippen LogP contribution in [0.2, 0.25) is 0 Å². The van der Waals surface area contributed by atoms with E-state index in [0.29, 0.717) is 25.5 Å². The van der Waals surface area contributed by atoms with Crippen molar-refractivity contribution >= 4 is 5.95 Å². The molecule has 0 aliphatic carbocycles. The van der Waals surface area contributed by atoms with Crippen LogP contribution in [0.4, 0.5) is 5.95 Å². The van der Waals surface area contributed by atoms with E-state index in [1.54, 1.807) is 18.5 Å². The van der Waals surface area contributed by atoms with Gasteiger partial charge in [0.05, 0.1) is 6.61 Å². The molecule has 1 aromatic carbocycles. The first kappa shape index (κ1) is 12.9. The van der Waals surface area contributed by atoms with Crippen LogP contribution in [-0.2, 0) is 6.54 Å². The molecule has 0 saturated heterocycles. The van der Waals surface area contributed by atoms with Crippen molar-refractivity contribution in [3.8, 4) is 18.1 Å². The van der Waals surface area contributed by atoms with Crippen molar-refractivity contribution in [2.24, 2.45) is 0 Å². The molecule has 0 fully saturated rings. The summed E-state index contributed by atoms with van der Waals surface area (Å²) in [6.07, 6.45) is 9.19. The molecule has 2 aromatic rings. The van der Waals surface area contributed by atoms with Crippen LogP contribution in [0.3, 0.4) is 0 Å². The second-order valence-electron chi connectivity index (χ2n) is 3.87. The molecule has 1 heterocycles. The Balaban J connectivity index is 1.83. The van der Waals surface area contributed by atoms with Gasteiger partial charge in [0.2, 0.25) is 5.95 Å². The van der Waals surface area contributed by atoms with Crippen LogP contribution in [0.15, 0.2) is 42.7 Å². The fraction of sp³-hybridized carbons (Fsp3) is 0.200. The maximum atomic E-state index is 5.48. The molecule has 0 spiro atoms. The summed E-state index contributed by atoms with van der Waals surface area (Å²) < 4.78 is 5.48. The van der Waals surface area contributed by atoms with Crippen LogP contribution in [0, 0.1) is 12.3 Å². The molecule has 0 aliphatic heterocycles. The van der Waals surface area contributed by atoms with E-state index >= 15 is 0 Å². The quantitative estimate of drug-likeness (QED) is 0.634. The highest BCUT2D eigenvalue weighted by Crippen LogP contribution is 2.13. The lowest BCUT2D eigenvalue weighted by Crippen LogP contribution is -2.03. The summed E-state index contributed by atoms with van der Waals surface area (Å²) in [5.41, 5.74) is 1.14. The summed E-state index contributed by atoms with van der Waals surface area (Å²) in [5.74, 6) is 3.99. The average Bonchev–Trinajstić information content (AvgIpc) is 2.48. The Morgan fingerprint density at radius 1 is 1.16 bits per heavy atom. The highest BCUT2D eigenvalue weighted by Gasteiger charge is 1.97.